The minimum atomic E-state index is -0.389. The van der Waals surface area contributed by atoms with E-state index in [1.165, 1.54) is 0 Å². The molecule has 0 bridgehead atoms. The van der Waals surface area contributed by atoms with E-state index >= 15 is 0 Å². The van der Waals surface area contributed by atoms with Crippen molar-refractivity contribution in [2.24, 2.45) is 0 Å². The molecule has 0 radical (unpaired) electrons. The predicted octanol–water partition coefficient (Wildman–Crippen LogP) is 0.413. The number of benzene rings is 1. The number of nitrogens with one attached hydrogen (secondary N) is 2. The minimum Gasteiger partial charge on any atom is -0.341 e. The molecule has 2 N–H and O–H groups in total. The number of hydrogen-bond donors (Lipinski definition) is 2. The molecule has 0 atom stereocenters. The van der Waals surface area contributed by atoms with Crippen molar-refractivity contribution in [3.8, 4) is 24.7 Å². The van der Waals surface area contributed by atoms with Crippen LogP contribution in [0.25, 0.3) is 0 Å². The second-order valence-electron chi connectivity index (χ2n) is 3.32. The van der Waals surface area contributed by atoms with E-state index in [1.54, 1.807) is 24.3 Å². The van der Waals surface area contributed by atoms with Gasteiger partial charge in [0.1, 0.15) is 0 Å². The number of terminal acetylenes is 2. The summed E-state index contributed by atoms with van der Waals surface area (Å²) in [4.78, 5) is 23.6. The quantitative estimate of drug-likeness (QED) is 0.749. The summed E-state index contributed by atoms with van der Waals surface area (Å²) in [5.74, 6) is 3.81. The summed E-state index contributed by atoms with van der Waals surface area (Å²) in [6, 6.07) is 6.44. The first kappa shape index (κ1) is 13.3. The third-order valence-electron chi connectivity index (χ3n) is 2.12. The molecule has 1 aromatic rings. The molecule has 0 saturated heterocycles. The predicted molar refractivity (Wildman–Crippen MR) is 68.8 cm³/mol. The van der Waals surface area contributed by atoms with Gasteiger partial charge in [-0.1, -0.05) is 24.0 Å². The lowest BCUT2D eigenvalue weighted by molar-refractivity contribution is 0.0924. The molecule has 0 saturated carbocycles. The lowest BCUT2D eigenvalue weighted by Crippen LogP contribution is -2.29. The van der Waals surface area contributed by atoms with Crippen LogP contribution in [0.2, 0.25) is 0 Å². The Bertz CT molecular complexity index is 486. The molecule has 0 unspecified atom stereocenters. The molecule has 0 fully saturated rings. The summed E-state index contributed by atoms with van der Waals surface area (Å²) in [5, 5.41) is 5.01. The Hall–Kier alpha value is -2.72. The zero-order valence-corrected chi connectivity index (χ0v) is 9.69. The SMILES string of the molecule is C#CCNC(=O)c1ccccc1C(=O)NCC#C. The van der Waals surface area contributed by atoms with Crippen LogP contribution in [0.4, 0.5) is 0 Å². The van der Waals surface area contributed by atoms with E-state index in [0.717, 1.165) is 0 Å². The van der Waals surface area contributed by atoms with E-state index < -0.39 is 0 Å². The molecule has 90 valence electrons. The molecular formula is C14H12N2O2. The maximum Gasteiger partial charge on any atom is 0.252 e. The molecule has 0 heterocycles. The molecule has 1 aromatic carbocycles. The maximum atomic E-state index is 11.8. The summed E-state index contributed by atoms with van der Waals surface area (Å²) in [6.07, 6.45) is 10.1. The summed E-state index contributed by atoms with van der Waals surface area (Å²) in [6.45, 7) is 0.221. The van der Waals surface area contributed by atoms with Gasteiger partial charge in [0.25, 0.3) is 11.8 Å². The highest BCUT2D eigenvalue weighted by Crippen LogP contribution is 2.08. The van der Waals surface area contributed by atoms with Crippen molar-refractivity contribution in [1.29, 1.82) is 0 Å². The van der Waals surface area contributed by atoms with E-state index in [2.05, 4.69) is 22.5 Å². The van der Waals surface area contributed by atoms with Gasteiger partial charge in [-0.15, -0.1) is 12.8 Å². The van der Waals surface area contributed by atoms with Gasteiger partial charge in [-0.05, 0) is 12.1 Å². The Labute approximate surface area is 106 Å². The Morgan fingerprint density at radius 2 is 1.33 bits per heavy atom. The second kappa shape index (κ2) is 6.78. The van der Waals surface area contributed by atoms with Gasteiger partial charge in [0, 0.05) is 0 Å². The third-order valence-corrected chi connectivity index (χ3v) is 2.12. The molecule has 1 rings (SSSR count). The van der Waals surface area contributed by atoms with Crippen LogP contribution in [0.15, 0.2) is 24.3 Å². The lowest BCUT2D eigenvalue weighted by Gasteiger charge is -2.08. The van der Waals surface area contributed by atoms with Crippen LogP contribution in [-0.4, -0.2) is 24.9 Å². The average molecular weight is 240 g/mol. The van der Waals surface area contributed by atoms with Crippen molar-refractivity contribution in [3.63, 3.8) is 0 Å². The fourth-order valence-corrected chi connectivity index (χ4v) is 1.33. The zero-order chi connectivity index (χ0) is 13.4. The van der Waals surface area contributed by atoms with Crippen LogP contribution in [0.3, 0.4) is 0 Å². The molecule has 0 spiro atoms. The molecule has 0 aliphatic heterocycles. The zero-order valence-electron chi connectivity index (χ0n) is 9.69. The normalized spacial score (nSPS) is 8.78. The van der Waals surface area contributed by atoms with Crippen molar-refractivity contribution < 1.29 is 9.59 Å². The highest BCUT2D eigenvalue weighted by Gasteiger charge is 2.15. The average Bonchev–Trinajstić information content (AvgIpc) is 2.42. The van der Waals surface area contributed by atoms with Gasteiger partial charge in [0.15, 0.2) is 0 Å². The Morgan fingerprint density at radius 3 is 1.67 bits per heavy atom. The highest BCUT2D eigenvalue weighted by atomic mass is 16.2. The van der Waals surface area contributed by atoms with Gasteiger partial charge in [-0.3, -0.25) is 9.59 Å². The van der Waals surface area contributed by atoms with Gasteiger partial charge in [-0.2, -0.15) is 0 Å². The smallest absolute Gasteiger partial charge is 0.252 e. The first-order valence-electron chi connectivity index (χ1n) is 5.23. The summed E-state index contributed by atoms with van der Waals surface area (Å²) < 4.78 is 0. The summed E-state index contributed by atoms with van der Waals surface area (Å²) >= 11 is 0. The van der Waals surface area contributed by atoms with Crippen LogP contribution in [0.1, 0.15) is 20.7 Å². The van der Waals surface area contributed by atoms with Crippen LogP contribution < -0.4 is 10.6 Å². The van der Waals surface area contributed by atoms with Gasteiger partial charge in [-0.25, -0.2) is 0 Å². The van der Waals surface area contributed by atoms with Crippen LogP contribution in [0, 0.1) is 24.7 Å². The molecular weight excluding hydrogens is 228 g/mol. The topological polar surface area (TPSA) is 58.2 Å². The maximum absolute atomic E-state index is 11.8. The van der Waals surface area contributed by atoms with Crippen molar-refractivity contribution in [2.75, 3.05) is 13.1 Å². The number of amides is 2. The standard InChI is InChI=1S/C14H12N2O2/c1-3-9-15-13(17)11-7-5-6-8-12(11)14(18)16-10-4-2/h1-2,5-8H,9-10H2,(H,15,17)(H,16,18). The second-order valence-corrected chi connectivity index (χ2v) is 3.32. The number of carbonyl (C=O) groups is 2. The van der Waals surface area contributed by atoms with E-state index in [0.29, 0.717) is 0 Å². The van der Waals surface area contributed by atoms with Crippen LogP contribution in [0.5, 0.6) is 0 Å². The fourth-order valence-electron chi connectivity index (χ4n) is 1.33. The molecule has 0 aliphatic rings. The minimum absolute atomic E-state index is 0.110. The van der Waals surface area contributed by atoms with Crippen molar-refractivity contribution in [3.05, 3.63) is 35.4 Å². The van der Waals surface area contributed by atoms with Crippen LogP contribution >= 0.6 is 0 Å². The largest absolute Gasteiger partial charge is 0.341 e. The van der Waals surface area contributed by atoms with E-state index in [4.69, 9.17) is 12.8 Å². The lowest BCUT2D eigenvalue weighted by atomic mass is 10.1. The third kappa shape index (κ3) is 3.40. The fraction of sp³-hybridized carbons (Fsp3) is 0.143. The molecule has 2 amide bonds. The monoisotopic (exact) mass is 240 g/mol. The van der Waals surface area contributed by atoms with Crippen LogP contribution in [-0.2, 0) is 0 Å². The number of carbonyl (C=O) groups excluding carboxylic acids is 2. The van der Waals surface area contributed by atoms with Crippen molar-refractivity contribution >= 4 is 11.8 Å². The summed E-state index contributed by atoms with van der Waals surface area (Å²) in [5.41, 5.74) is 0.532. The Kier molecular flexibility index (Phi) is 5.02. The van der Waals surface area contributed by atoms with Gasteiger partial charge < -0.3 is 10.6 Å². The number of rotatable bonds is 4. The molecule has 0 aromatic heterocycles. The summed E-state index contributed by atoms with van der Waals surface area (Å²) in [7, 11) is 0. The van der Waals surface area contributed by atoms with E-state index in [-0.39, 0.29) is 36.0 Å². The number of hydrogen-bond acceptors (Lipinski definition) is 2. The van der Waals surface area contributed by atoms with E-state index in [9.17, 15) is 9.59 Å². The van der Waals surface area contributed by atoms with Gasteiger partial charge >= 0.3 is 0 Å². The first-order valence-corrected chi connectivity index (χ1v) is 5.23. The van der Waals surface area contributed by atoms with Crippen molar-refractivity contribution in [2.45, 2.75) is 0 Å². The Morgan fingerprint density at radius 1 is 0.944 bits per heavy atom. The Balaban J connectivity index is 2.93. The molecule has 4 heteroatoms. The molecule has 18 heavy (non-hydrogen) atoms. The molecule has 0 aliphatic carbocycles. The first-order chi connectivity index (χ1) is 8.70. The van der Waals surface area contributed by atoms with E-state index in [1.807, 2.05) is 0 Å². The highest BCUT2D eigenvalue weighted by molar-refractivity contribution is 6.07. The van der Waals surface area contributed by atoms with Gasteiger partial charge in [0.05, 0.1) is 24.2 Å². The van der Waals surface area contributed by atoms with Gasteiger partial charge in [0.2, 0.25) is 0 Å². The van der Waals surface area contributed by atoms with Crippen molar-refractivity contribution in [1.82, 2.24) is 10.6 Å². The molecule has 4 nitrogen and oxygen atoms in total.